The zero-order chi connectivity index (χ0) is 23.4. The van der Waals surface area contributed by atoms with Gasteiger partial charge < -0.3 is 14.5 Å². The predicted octanol–water partition coefficient (Wildman–Crippen LogP) is 3.90. The van der Waals surface area contributed by atoms with Gasteiger partial charge in [0.25, 0.3) is 5.91 Å². The Morgan fingerprint density at radius 3 is 2.55 bits per heavy atom. The number of nitrogens with one attached hydrogen (secondary N) is 2. The molecule has 0 radical (unpaired) electrons. The second kappa shape index (κ2) is 10.3. The lowest BCUT2D eigenvalue weighted by atomic mass is 10.1. The number of anilines is 1. The van der Waals surface area contributed by atoms with Crippen LogP contribution in [0, 0.1) is 0 Å². The van der Waals surface area contributed by atoms with Crippen molar-refractivity contribution in [3.63, 3.8) is 0 Å². The van der Waals surface area contributed by atoms with Crippen LogP contribution in [-0.2, 0) is 22.6 Å². The van der Waals surface area contributed by atoms with Crippen molar-refractivity contribution in [1.29, 1.82) is 0 Å². The quantitative estimate of drug-likeness (QED) is 0.546. The van der Waals surface area contributed by atoms with E-state index in [9.17, 15) is 9.59 Å². The molecule has 174 valence electrons. The number of hydrogen-bond donors (Lipinski definition) is 2. The minimum absolute atomic E-state index is 0.120. The molecule has 0 saturated carbocycles. The zero-order valence-electron chi connectivity index (χ0n) is 19.0. The highest BCUT2D eigenvalue weighted by atomic mass is 32.1. The van der Waals surface area contributed by atoms with E-state index in [4.69, 9.17) is 9.15 Å². The summed E-state index contributed by atoms with van der Waals surface area (Å²) in [5.74, 6) is 0.898. The van der Waals surface area contributed by atoms with Crippen LogP contribution in [0.2, 0.25) is 0 Å². The number of amides is 2. The second-order valence-electron chi connectivity index (χ2n) is 8.32. The number of thiazole rings is 1. The van der Waals surface area contributed by atoms with Crippen LogP contribution in [0.3, 0.4) is 0 Å². The third-order valence-electron chi connectivity index (χ3n) is 5.27. The van der Waals surface area contributed by atoms with Crippen molar-refractivity contribution in [1.82, 2.24) is 15.2 Å². The van der Waals surface area contributed by atoms with Gasteiger partial charge in [0.05, 0.1) is 18.8 Å². The molecule has 1 fully saturated rings. The van der Waals surface area contributed by atoms with Gasteiger partial charge in [0.1, 0.15) is 11.5 Å². The maximum Gasteiger partial charge on any atom is 0.257 e. The molecule has 2 N–H and O–H groups in total. The smallest absolute Gasteiger partial charge is 0.257 e. The Hall–Kier alpha value is -3.01. The molecule has 2 amide bonds. The summed E-state index contributed by atoms with van der Waals surface area (Å²) in [5.41, 5.74) is 2.38. The SMILES string of the molecule is CC(=O)NCc1ccc(-c2csc(NC(=O)c3ccc(CN4C[C@@H](C)O[C@H](C)C4)cc3)n2)o1. The van der Waals surface area contributed by atoms with Gasteiger partial charge in [-0.1, -0.05) is 12.1 Å². The van der Waals surface area contributed by atoms with Crippen LogP contribution in [0.1, 0.15) is 42.5 Å². The summed E-state index contributed by atoms with van der Waals surface area (Å²) >= 11 is 1.33. The lowest BCUT2D eigenvalue weighted by Crippen LogP contribution is -2.44. The lowest BCUT2D eigenvalue weighted by molar-refractivity contribution is -0.119. The van der Waals surface area contributed by atoms with E-state index in [2.05, 4.69) is 34.4 Å². The molecule has 9 heteroatoms. The highest BCUT2D eigenvalue weighted by Gasteiger charge is 2.22. The average molecular weight is 469 g/mol. The van der Waals surface area contributed by atoms with Crippen molar-refractivity contribution in [3.8, 4) is 11.5 Å². The summed E-state index contributed by atoms with van der Waals surface area (Å²) < 4.78 is 11.5. The number of morpholine rings is 1. The Labute approximate surface area is 197 Å². The van der Waals surface area contributed by atoms with E-state index >= 15 is 0 Å². The summed E-state index contributed by atoms with van der Waals surface area (Å²) in [5, 5.41) is 7.86. The molecule has 4 rings (SSSR count). The van der Waals surface area contributed by atoms with Crippen molar-refractivity contribution in [2.75, 3.05) is 18.4 Å². The van der Waals surface area contributed by atoms with E-state index < -0.39 is 0 Å². The van der Waals surface area contributed by atoms with Crippen LogP contribution in [0.4, 0.5) is 5.13 Å². The molecule has 33 heavy (non-hydrogen) atoms. The number of furan rings is 1. The van der Waals surface area contributed by atoms with Crippen LogP contribution in [-0.4, -0.2) is 47.0 Å². The summed E-state index contributed by atoms with van der Waals surface area (Å²) in [6, 6.07) is 11.3. The molecule has 1 aliphatic rings. The number of rotatable bonds is 7. The van der Waals surface area contributed by atoms with Crippen molar-refractivity contribution in [3.05, 3.63) is 58.7 Å². The minimum atomic E-state index is -0.207. The molecule has 1 aromatic carbocycles. The molecule has 2 aromatic heterocycles. The Balaban J connectivity index is 1.33. The third kappa shape index (κ3) is 6.28. The Bertz CT molecular complexity index is 1100. The van der Waals surface area contributed by atoms with Crippen molar-refractivity contribution in [2.45, 2.75) is 46.1 Å². The second-order valence-corrected chi connectivity index (χ2v) is 9.17. The van der Waals surface area contributed by atoms with Crippen LogP contribution in [0.5, 0.6) is 0 Å². The fourth-order valence-corrected chi connectivity index (χ4v) is 4.56. The largest absolute Gasteiger partial charge is 0.458 e. The molecule has 0 bridgehead atoms. The summed E-state index contributed by atoms with van der Waals surface area (Å²) in [4.78, 5) is 30.5. The maximum absolute atomic E-state index is 12.7. The monoisotopic (exact) mass is 468 g/mol. The molecule has 0 aliphatic carbocycles. The van der Waals surface area contributed by atoms with Gasteiger partial charge in [-0.2, -0.15) is 0 Å². The minimum Gasteiger partial charge on any atom is -0.458 e. The molecule has 3 aromatic rings. The highest BCUT2D eigenvalue weighted by molar-refractivity contribution is 7.14. The van der Waals surface area contributed by atoms with Gasteiger partial charge >= 0.3 is 0 Å². The first kappa shape index (κ1) is 23.2. The van der Waals surface area contributed by atoms with Gasteiger partial charge in [-0.15, -0.1) is 11.3 Å². The number of nitrogens with zero attached hydrogens (tertiary/aromatic N) is 2. The molecule has 1 aliphatic heterocycles. The van der Waals surface area contributed by atoms with Crippen molar-refractivity contribution >= 4 is 28.3 Å². The molecule has 2 atom stereocenters. The maximum atomic E-state index is 12.7. The first-order valence-electron chi connectivity index (χ1n) is 10.9. The van der Waals surface area contributed by atoms with Crippen LogP contribution < -0.4 is 10.6 Å². The highest BCUT2D eigenvalue weighted by Crippen LogP contribution is 2.27. The first-order chi connectivity index (χ1) is 15.9. The van der Waals surface area contributed by atoms with Gasteiger partial charge in [0.15, 0.2) is 10.9 Å². The number of benzene rings is 1. The van der Waals surface area contributed by atoms with Gasteiger partial charge in [-0.05, 0) is 43.7 Å². The first-order valence-corrected chi connectivity index (χ1v) is 11.8. The van der Waals surface area contributed by atoms with E-state index in [1.807, 2.05) is 29.6 Å². The van der Waals surface area contributed by atoms with Gasteiger partial charge in [-0.3, -0.25) is 19.8 Å². The van der Waals surface area contributed by atoms with Crippen LogP contribution in [0.15, 0.2) is 46.2 Å². The molecule has 3 heterocycles. The van der Waals surface area contributed by atoms with Gasteiger partial charge in [0, 0.05) is 37.5 Å². The number of hydrogen-bond acceptors (Lipinski definition) is 7. The standard InChI is InChI=1S/C24H28N4O4S/c1-15-11-28(12-16(2)31-15)13-18-4-6-19(7-5-18)23(30)27-24-26-21(14-33-24)22-9-8-20(32-22)10-25-17(3)29/h4-9,14-16H,10-13H2,1-3H3,(H,25,29)(H,26,27,30)/t15-,16-/m1/s1. The number of ether oxygens (including phenoxy) is 1. The summed E-state index contributed by atoms with van der Waals surface area (Å²) in [7, 11) is 0. The van der Waals surface area contributed by atoms with E-state index in [0.29, 0.717) is 34.5 Å². The van der Waals surface area contributed by atoms with Gasteiger partial charge in [-0.25, -0.2) is 4.98 Å². The van der Waals surface area contributed by atoms with Crippen molar-refractivity contribution in [2.24, 2.45) is 0 Å². The number of aromatic nitrogens is 1. The van der Waals surface area contributed by atoms with E-state index in [0.717, 1.165) is 25.2 Å². The molecule has 0 unspecified atom stereocenters. The predicted molar refractivity (Wildman–Crippen MR) is 127 cm³/mol. The third-order valence-corrected chi connectivity index (χ3v) is 6.03. The topological polar surface area (TPSA) is 96.7 Å². The van der Waals surface area contributed by atoms with E-state index in [1.165, 1.54) is 18.3 Å². The molecule has 0 spiro atoms. The zero-order valence-corrected chi connectivity index (χ0v) is 19.8. The number of carbonyl (C=O) groups excluding carboxylic acids is 2. The van der Waals surface area contributed by atoms with Crippen molar-refractivity contribution < 1.29 is 18.7 Å². The molecule has 1 saturated heterocycles. The number of carbonyl (C=O) groups is 2. The van der Waals surface area contributed by atoms with E-state index in [-0.39, 0.29) is 24.0 Å². The fourth-order valence-electron chi connectivity index (χ4n) is 3.87. The van der Waals surface area contributed by atoms with Gasteiger partial charge in [0.2, 0.25) is 5.91 Å². The van der Waals surface area contributed by atoms with E-state index in [1.54, 1.807) is 12.1 Å². The molecule has 8 nitrogen and oxygen atoms in total. The lowest BCUT2D eigenvalue weighted by Gasteiger charge is -2.35. The van der Waals surface area contributed by atoms with Crippen LogP contribution >= 0.6 is 11.3 Å². The van der Waals surface area contributed by atoms with Crippen LogP contribution in [0.25, 0.3) is 11.5 Å². The molecular weight excluding hydrogens is 440 g/mol. The molecular formula is C24H28N4O4S. The summed E-state index contributed by atoms with van der Waals surface area (Å²) in [6.45, 7) is 8.61. The Morgan fingerprint density at radius 1 is 1.12 bits per heavy atom. The summed E-state index contributed by atoms with van der Waals surface area (Å²) in [6.07, 6.45) is 0.457. The Kier molecular flexibility index (Phi) is 7.22. The average Bonchev–Trinajstić information content (AvgIpc) is 3.41. The fraction of sp³-hybridized carbons (Fsp3) is 0.375. The normalized spacial score (nSPS) is 18.8. The Morgan fingerprint density at radius 2 is 1.85 bits per heavy atom.